The minimum absolute atomic E-state index is 0.434. The van der Waals surface area contributed by atoms with E-state index in [2.05, 4.69) is 15.9 Å². The van der Waals surface area contributed by atoms with Gasteiger partial charge in [-0.15, -0.1) is 11.3 Å². The predicted octanol–water partition coefficient (Wildman–Crippen LogP) is 5.87. The van der Waals surface area contributed by atoms with Crippen LogP contribution in [0.15, 0.2) is 22.2 Å². The Labute approximate surface area is 128 Å². The fourth-order valence-electron chi connectivity index (χ4n) is 2.31. The Bertz CT molecular complexity index is 699. The molecule has 1 saturated carbocycles. The van der Waals surface area contributed by atoms with E-state index in [-0.39, 0.29) is 0 Å². The van der Waals surface area contributed by atoms with Gasteiger partial charge in [0.1, 0.15) is 17.4 Å². The molecule has 1 aromatic heterocycles. The molecule has 0 spiro atoms. The van der Waals surface area contributed by atoms with Crippen LogP contribution < -0.4 is 0 Å². The van der Waals surface area contributed by atoms with Crippen molar-refractivity contribution >= 4 is 43.1 Å². The third-order valence-corrected chi connectivity index (χ3v) is 5.61. The van der Waals surface area contributed by atoms with E-state index in [1.807, 2.05) is 6.92 Å². The Morgan fingerprint density at radius 3 is 2.70 bits per heavy atom. The number of thiophene rings is 1. The number of halogens is 3. The maximum atomic E-state index is 13.9. The first kappa shape index (κ1) is 14.0. The lowest BCUT2D eigenvalue weighted by Gasteiger charge is -2.21. The second-order valence-electron chi connectivity index (χ2n) is 4.73. The van der Waals surface area contributed by atoms with Gasteiger partial charge < -0.3 is 4.74 Å². The van der Waals surface area contributed by atoms with Gasteiger partial charge in [-0.05, 0) is 53.8 Å². The lowest BCUT2D eigenvalue weighted by Crippen LogP contribution is -2.04. The molecule has 0 saturated heterocycles. The van der Waals surface area contributed by atoms with E-state index in [9.17, 15) is 8.78 Å². The Balaban J connectivity index is 2.21. The van der Waals surface area contributed by atoms with Gasteiger partial charge in [-0.2, -0.15) is 0 Å². The molecule has 0 aliphatic heterocycles. The molecule has 1 aliphatic carbocycles. The number of rotatable bonds is 3. The normalized spacial score (nSPS) is 14.5. The van der Waals surface area contributed by atoms with E-state index in [1.54, 1.807) is 0 Å². The third-order valence-electron chi connectivity index (χ3n) is 3.42. The summed E-state index contributed by atoms with van der Waals surface area (Å²) in [5, 5.41) is 0.434. The van der Waals surface area contributed by atoms with Crippen molar-refractivity contribution in [3.8, 4) is 0 Å². The molecule has 5 heteroatoms. The number of hydrogen-bond donors (Lipinski definition) is 0. The van der Waals surface area contributed by atoms with Crippen molar-refractivity contribution in [2.24, 2.45) is 0 Å². The highest BCUT2D eigenvalue weighted by Gasteiger charge is 2.23. The molecular formula is C15H13BrF2OS. The lowest BCUT2D eigenvalue weighted by molar-refractivity contribution is 0.291. The number of hydrogen-bond acceptors (Lipinski definition) is 2. The highest BCUT2D eigenvalue weighted by molar-refractivity contribution is 9.10. The summed E-state index contributed by atoms with van der Waals surface area (Å²) in [6.07, 6.45) is 3.21. The summed E-state index contributed by atoms with van der Waals surface area (Å²) in [7, 11) is 0. The Morgan fingerprint density at radius 2 is 2.10 bits per heavy atom. The Kier molecular flexibility index (Phi) is 3.82. The van der Waals surface area contributed by atoms with Gasteiger partial charge in [0.25, 0.3) is 0 Å². The van der Waals surface area contributed by atoms with Crippen LogP contribution >= 0.6 is 27.3 Å². The van der Waals surface area contributed by atoms with Gasteiger partial charge in [0, 0.05) is 16.2 Å². The van der Waals surface area contributed by atoms with Crippen molar-refractivity contribution in [2.75, 3.05) is 6.61 Å². The minimum atomic E-state index is -0.551. The first-order valence-corrected chi connectivity index (χ1v) is 8.15. The molecule has 1 heterocycles. The van der Waals surface area contributed by atoms with Gasteiger partial charge in [-0.3, -0.25) is 0 Å². The largest absolute Gasteiger partial charge is 0.492 e. The first-order valence-electron chi connectivity index (χ1n) is 6.54. The smallest absolute Gasteiger partial charge is 0.136 e. The highest BCUT2D eigenvalue weighted by atomic mass is 79.9. The molecule has 0 unspecified atom stereocenters. The predicted molar refractivity (Wildman–Crippen MR) is 81.8 cm³/mol. The number of ether oxygens (including phenoxy) is 1. The van der Waals surface area contributed by atoms with Crippen LogP contribution in [-0.4, -0.2) is 6.61 Å². The fourth-order valence-corrected chi connectivity index (χ4v) is 4.45. The lowest BCUT2D eigenvalue weighted by atomic mass is 9.91. The zero-order valence-electron chi connectivity index (χ0n) is 10.9. The van der Waals surface area contributed by atoms with Gasteiger partial charge in [-0.25, -0.2) is 8.78 Å². The van der Waals surface area contributed by atoms with Gasteiger partial charge in [0.2, 0.25) is 0 Å². The van der Waals surface area contributed by atoms with E-state index < -0.39 is 11.6 Å². The Morgan fingerprint density at radius 1 is 1.35 bits per heavy atom. The summed E-state index contributed by atoms with van der Waals surface area (Å²) in [5.41, 5.74) is 1.26. The van der Waals surface area contributed by atoms with Crippen LogP contribution in [0.25, 0.3) is 15.8 Å². The van der Waals surface area contributed by atoms with E-state index in [1.165, 1.54) is 23.0 Å². The van der Waals surface area contributed by atoms with E-state index in [0.29, 0.717) is 21.2 Å². The maximum Gasteiger partial charge on any atom is 0.136 e. The molecule has 0 bridgehead atoms. The number of fused-ring (bicyclic) bond motifs is 1. The van der Waals surface area contributed by atoms with E-state index in [4.69, 9.17) is 4.74 Å². The van der Waals surface area contributed by atoms with Crippen LogP contribution in [0.4, 0.5) is 8.78 Å². The molecule has 106 valence electrons. The quantitative estimate of drug-likeness (QED) is 0.623. The van der Waals surface area contributed by atoms with Crippen LogP contribution in [0.1, 0.15) is 31.1 Å². The topological polar surface area (TPSA) is 9.23 Å². The second kappa shape index (κ2) is 5.45. The average molecular weight is 359 g/mol. The molecule has 2 aromatic rings. The summed E-state index contributed by atoms with van der Waals surface area (Å²) >= 11 is 4.82. The molecule has 1 nitrogen and oxygen atoms in total. The van der Waals surface area contributed by atoms with Crippen LogP contribution in [0.5, 0.6) is 0 Å². The van der Waals surface area contributed by atoms with E-state index >= 15 is 0 Å². The van der Waals surface area contributed by atoms with Crippen molar-refractivity contribution < 1.29 is 13.5 Å². The van der Waals surface area contributed by atoms with Gasteiger partial charge in [0.15, 0.2) is 0 Å². The molecule has 1 aromatic carbocycles. The molecule has 20 heavy (non-hydrogen) atoms. The maximum absolute atomic E-state index is 13.9. The molecular weight excluding hydrogens is 346 g/mol. The van der Waals surface area contributed by atoms with Crippen molar-refractivity contribution in [3.63, 3.8) is 0 Å². The summed E-state index contributed by atoms with van der Waals surface area (Å²) in [6, 6.07) is 2.28. The van der Waals surface area contributed by atoms with Crippen molar-refractivity contribution in [1.29, 1.82) is 0 Å². The molecule has 0 atom stereocenters. The highest BCUT2D eigenvalue weighted by Crippen LogP contribution is 2.45. The average Bonchev–Trinajstić information content (AvgIpc) is 2.63. The van der Waals surface area contributed by atoms with Gasteiger partial charge in [0.05, 0.1) is 16.0 Å². The molecule has 0 N–H and O–H groups in total. The number of benzene rings is 1. The standard InChI is InChI=1S/C15H13BrF2OS/c1-2-19-14(8-4-3-5-8)15-13(16)12-10(18)6-9(17)7-11(12)20-15/h6-7H,2-5H2,1H3. The van der Waals surface area contributed by atoms with Crippen LogP contribution in [0.3, 0.4) is 0 Å². The zero-order chi connectivity index (χ0) is 14.3. The third kappa shape index (κ3) is 2.27. The molecule has 1 aliphatic rings. The van der Waals surface area contributed by atoms with Crippen LogP contribution in [-0.2, 0) is 4.74 Å². The van der Waals surface area contributed by atoms with Gasteiger partial charge >= 0.3 is 0 Å². The summed E-state index contributed by atoms with van der Waals surface area (Å²) < 4.78 is 34.3. The van der Waals surface area contributed by atoms with E-state index in [0.717, 1.165) is 36.0 Å². The molecule has 1 fully saturated rings. The monoisotopic (exact) mass is 358 g/mol. The summed E-state index contributed by atoms with van der Waals surface area (Å²) in [5.74, 6) is -0.250. The second-order valence-corrected chi connectivity index (χ2v) is 6.57. The van der Waals surface area contributed by atoms with Crippen molar-refractivity contribution in [1.82, 2.24) is 0 Å². The van der Waals surface area contributed by atoms with Crippen LogP contribution in [0, 0.1) is 11.6 Å². The minimum Gasteiger partial charge on any atom is -0.492 e. The van der Waals surface area contributed by atoms with Crippen LogP contribution in [0.2, 0.25) is 0 Å². The zero-order valence-corrected chi connectivity index (χ0v) is 13.3. The van der Waals surface area contributed by atoms with Crippen molar-refractivity contribution in [2.45, 2.75) is 26.2 Å². The molecule has 0 amide bonds. The summed E-state index contributed by atoms with van der Waals surface area (Å²) in [6.45, 7) is 2.50. The molecule has 3 rings (SSSR count). The van der Waals surface area contributed by atoms with Gasteiger partial charge in [-0.1, -0.05) is 0 Å². The number of allylic oxidation sites excluding steroid dienone is 1. The van der Waals surface area contributed by atoms with Crippen molar-refractivity contribution in [3.05, 3.63) is 38.7 Å². The first-order chi connectivity index (χ1) is 9.61. The SMILES string of the molecule is CCOC(=C1CCC1)c1sc2cc(F)cc(F)c2c1Br. The molecule has 0 radical (unpaired) electrons. The summed E-state index contributed by atoms with van der Waals surface area (Å²) in [4.78, 5) is 0.862. The fraction of sp³-hybridized carbons (Fsp3) is 0.333. The Hall–Kier alpha value is -0.940.